The van der Waals surface area contributed by atoms with Crippen LogP contribution >= 0.6 is 11.6 Å². The molecule has 0 unspecified atom stereocenters. The van der Waals surface area contributed by atoms with Gasteiger partial charge in [-0.25, -0.2) is 14.8 Å². The lowest BCUT2D eigenvalue weighted by atomic mass is 10.1. The molecule has 0 radical (unpaired) electrons. The minimum Gasteiger partial charge on any atom is -0.478 e. The summed E-state index contributed by atoms with van der Waals surface area (Å²) in [6, 6.07) is 12.3. The molecule has 0 aliphatic heterocycles. The number of fused-ring (bicyclic) bond motifs is 1. The van der Waals surface area contributed by atoms with Crippen LogP contribution in [0.25, 0.3) is 10.9 Å². The average Bonchev–Trinajstić information content (AvgIpc) is 2.53. The van der Waals surface area contributed by atoms with E-state index in [2.05, 4.69) is 15.3 Å². The Bertz CT molecular complexity index is 852. The number of carboxylic acids is 1. The van der Waals surface area contributed by atoms with Crippen molar-refractivity contribution in [3.63, 3.8) is 0 Å². The summed E-state index contributed by atoms with van der Waals surface area (Å²) < 4.78 is 0. The van der Waals surface area contributed by atoms with Crippen LogP contribution in [0.2, 0.25) is 5.02 Å². The fourth-order valence-electron chi connectivity index (χ4n) is 2.15. The molecule has 0 amide bonds. The van der Waals surface area contributed by atoms with E-state index in [-0.39, 0.29) is 5.56 Å². The fraction of sp³-hybridized carbons (Fsp3) is 0.0625. The van der Waals surface area contributed by atoms with Gasteiger partial charge in [-0.15, -0.1) is 0 Å². The molecule has 0 fully saturated rings. The van der Waals surface area contributed by atoms with Crippen molar-refractivity contribution < 1.29 is 9.90 Å². The predicted octanol–water partition coefficient (Wildman–Crippen LogP) is 3.59. The van der Waals surface area contributed by atoms with Crippen molar-refractivity contribution in [3.05, 3.63) is 64.9 Å². The highest BCUT2D eigenvalue weighted by Gasteiger charge is 2.08. The third kappa shape index (κ3) is 2.84. The number of hydrogen-bond acceptors (Lipinski definition) is 4. The van der Waals surface area contributed by atoms with Gasteiger partial charge < -0.3 is 10.4 Å². The van der Waals surface area contributed by atoms with Crippen molar-refractivity contribution >= 4 is 34.3 Å². The first-order valence-electron chi connectivity index (χ1n) is 6.60. The number of halogens is 1. The number of anilines is 1. The van der Waals surface area contributed by atoms with Crippen LogP contribution in [0.15, 0.2) is 48.8 Å². The SMILES string of the molecule is O=C(O)c1ccc2c(NCc3ccccc3Cl)ncnc2c1. The molecule has 3 aromatic rings. The molecule has 0 atom stereocenters. The number of nitrogens with zero attached hydrogens (tertiary/aromatic N) is 2. The maximum absolute atomic E-state index is 11.0. The van der Waals surface area contributed by atoms with E-state index in [4.69, 9.17) is 16.7 Å². The van der Waals surface area contributed by atoms with E-state index in [1.165, 1.54) is 18.5 Å². The third-order valence-corrected chi connectivity index (χ3v) is 3.66. The highest BCUT2D eigenvalue weighted by Crippen LogP contribution is 2.22. The minimum atomic E-state index is -0.980. The lowest BCUT2D eigenvalue weighted by Gasteiger charge is -2.09. The van der Waals surface area contributed by atoms with E-state index < -0.39 is 5.97 Å². The maximum Gasteiger partial charge on any atom is 0.335 e. The van der Waals surface area contributed by atoms with Gasteiger partial charge in [-0.05, 0) is 29.8 Å². The normalized spacial score (nSPS) is 10.6. The molecule has 0 aliphatic rings. The quantitative estimate of drug-likeness (QED) is 0.770. The van der Waals surface area contributed by atoms with Gasteiger partial charge in [0, 0.05) is 17.0 Å². The van der Waals surface area contributed by atoms with Gasteiger partial charge in [-0.3, -0.25) is 0 Å². The molecule has 2 N–H and O–H groups in total. The Morgan fingerprint density at radius 1 is 1.18 bits per heavy atom. The van der Waals surface area contributed by atoms with Gasteiger partial charge in [0.2, 0.25) is 0 Å². The number of aromatic nitrogens is 2. The third-order valence-electron chi connectivity index (χ3n) is 3.29. The monoisotopic (exact) mass is 313 g/mol. The molecule has 0 saturated heterocycles. The summed E-state index contributed by atoms with van der Waals surface area (Å²) in [5.41, 5.74) is 1.73. The first-order chi connectivity index (χ1) is 10.6. The molecule has 6 heteroatoms. The van der Waals surface area contributed by atoms with Gasteiger partial charge in [0.25, 0.3) is 0 Å². The Morgan fingerprint density at radius 2 is 2.00 bits per heavy atom. The molecule has 110 valence electrons. The zero-order chi connectivity index (χ0) is 15.5. The summed E-state index contributed by atoms with van der Waals surface area (Å²) in [5, 5.41) is 13.7. The van der Waals surface area contributed by atoms with Gasteiger partial charge in [-0.1, -0.05) is 29.8 Å². The summed E-state index contributed by atoms with van der Waals surface area (Å²) in [5.74, 6) is -0.340. The molecule has 0 aliphatic carbocycles. The van der Waals surface area contributed by atoms with Crippen LogP contribution in [0.1, 0.15) is 15.9 Å². The van der Waals surface area contributed by atoms with Crippen LogP contribution in [0.5, 0.6) is 0 Å². The molecular formula is C16H12ClN3O2. The topological polar surface area (TPSA) is 75.1 Å². The van der Waals surface area contributed by atoms with Crippen molar-refractivity contribution in [1.82, 2.24) is 9.97 Å². The van der Waals surface area contributed by atoms with E-state index in [1.54, 1.807) is 6.07 Å². The Hall–Kier alpha value is -2.66. The average molecular weight is 314 g/mol. The van der Waals surface area contributed by atoms with E-state index in [0.29, 0.717) is 22.9 Å². The molecule has 3 rings (SSSR count). The van der Waals surface area contributed by atoms with Crippen LogP contribution in [0.3, 0.4) is 0 Å². The highest BCUT2D eigenvalue weighted by atomic mass is 35.5. The summed E-state index contributed by atoms with van der Waals surface area (Å²) in [6.07, 6.45) is 1.41. The van der Waals surface area contributed by atoms with Crippen molar-refractivity contribution in [2.45, 2.75) is 6.54 Å². The first-order valence-corrected chi connectivity index (χ1v) is 6.98. The predicted molar refractivity (Wildman–Crippen MR) is 85.3 cm³/mol. The van der Waals surface area contributed by atoms with E-state index >= 15 is 0 Å². The summed E-state index contributed by atoms with van der Waals surface area (Å²) in [4.78, 5) is 19.3. The second-order valence-corrected chi connectivity index (χ2v) is 5.11. The Kier molecular flexibility index (Phi) is 3.89. The summed E-state index contributed by atoms with van der Waals surface area (Å²) in [6.45, 7) is 0.520. The lowest BCUT2D eigenvalue weighted by Crippen LogP contribution is -2.04. The van der Waals surface area contributed by atoms with Crippen LogP contribution in [0, 0.1) is 0 Å². The Labute approximate surface area is 131 Å². The standard InChI is InChI=1S/C16H12ClN3O2/c17-13-4-2-1-3-11(13)8-18-15-12-6-5-10(16(21)22)7-14(12)19-9-20-15/h1-7,9H,8H2,(H,21,22)(H,18,19,20). The molecule has 1 heterocycles. The molecule has 2 aromatic carbocycles. The molecule has 1 aromatic heterocycles. The van der Waals surface area contributed by atoms with Crippen molar-refractivity contribution in [2.24, 2.45) is 0 Å². The zero-order valence-electron chi connectivity index (χ0n) is 11.5. The maximum atomic E-state index is 11.0. The first kappa shape index (κ1) is 14.3. The van der Waals surface area contributed by atoms with Crippen LogP contribution < -0.4 is 5.32 Å². The summed E-state index contributed by atoms with van der Waals surface area (Å²) in [7, 11) is 0. The Morgan fingerprint density at radius 3 is 2.77 bits per heavy atom. The zero-order valence-corrected chi connectivity index (χ0v) is 12.2. The summed E-state index contributed by atoms with van der Waals surface area (Å²) >= 11 is 6.13. The second-order valence-electron chi connectivity index (χ2n) is 4.70. The van der Waals surface area contributed by atoms with Gasteiger partial charge in [0.1, 0.15) is 12.1 Å². The minimum absolute atomic E-state index is 0.197. The number of rotatable bonds is 4. The van der Waals surface area contributed by atoms with E-state index in [0.717, 1.165) is 10.9 Å². The van der Waals surface area contributed by atoms with Crippen LogP contribution in [-0.2, 0) is 6.54 Å². The smallest absolute Gasteiger partial charge is 0.335 e. The lowest BCUT2D eigenvalue weighted by molar-refractivity contribution is 0.0697. The number of hydrogen-bond donors (Lipinski definition) is 2. The van der Waals surface area contributed by atoms with Gasteiger partial charge in [0.05, 0.1) is 11.1 Å². The largest absolute Gasteiger partial charge is 0.478 e. The molecular weight excluding hydrogens is 302 g/mol. The van der Waals surface area contributed by atoms with E-state index in [1.807, 2.05) is 24.3 Å². The molecule has 0 bridgehead atoms. The van der Waals surface area contributed by atoms with E-state index in [9.17, 15) is 4.79 Å². The molecule has 0 spiro atoms. The molecule has 5 nitrogen and oxygen atoms in total. The number of carbonyl (C=O) groups is 1. The van der Waals surface area contributed by atoms with Gasteiger partial charge >= 0.3 is 5.97 Å². The highest BCUT2D eigenvalue weighted by molar-refractivity contribution is 6.31. The number of benzene rings is 2. The number of nitrogens with one attached hydrogen (secondary N) is 1. The Balaban J connectivity index is 1.91. The van der Waals surface area contributed by atoms with Gasteiger partial charge in [-0.2, -0.15) is 0 Å². The molecule has 22 heavy (non-hydrogen) atoms. The van der Waals surface area contributed by atoms with Crippen molar-refractivity contribution in [1.29, 1.82) is 0 Å². The van der Waals surface area contributed by atoms with Crippen molar-refractivity contribution in [3.8, 4) is 0 Å². The van der Waals surface area contributed by atoms with Crippen LogP contribution in [-0.4, -0.2) is 21.0 Å². The van der Waals surface area contributed by atoms with Gasteiger partial charge in [0.15, 0.2) is 0 Å². The van der Waals surface area contributed by atoms with Crippen molar-refractivity contribution in [2.75, 3.05) is 5.32 Å². The molecule has 0 saturated carbocycles. The van der Waals surface area contributed by atoms with Crippen LogP contribution in [0.4, 0.5) is 5.82 Å². The number of aromatic carboxylic acids is 1. The fourth-order valence-corrected chi connectivity index (χ4v) is 2.35. The number of carboxylic acid groups (broad SMARTS) is 1. The second kappa shape index (κ2) is 5.99.